The predicted molar refractivity (Wildman–Crippen MR) is 86.9 cm³/mol. The zero-order chi connectivity index (χ0) is 14.9. The molecule has 0 aliphatic carbocycles. The Balaban J connectivity index is 1.94. The Kier molecular flexibility index (Phi) is 6.51. The molecule has 1 heterocycles. The smallest absolute Gasteiger partial charge is 0.122 e. The summed E-state index contributed by atoms with van der Waals surface area (Å²) in [5.41, 5.74) is 2.64. The van der Waals surface area contributed by atoms with E-state index in [1.54, 1.807) is 6.26 Å². The molecule has 21 heavy (non-hydrogen) atoms. The van der Waals surface area contributed by atoms with Crippen LogP contribution in [0, 0.1) is 0 Å². The molecule has 0 radical (unpaired) electrons. The van der Waals surface area contributed by atoms with E-state index in [1.165, 1.54) is 11.1 Å². The number of nitrogens with zero attached hydrogens (tertiary/aromatic N) is 1. The second-order valence-electron chi connectivity index (χ2n) is 5.33. The minimum Gasteiger partial charge on any atom is -0.468 e. The molecule has 0 unspecified atom stereocenters. The highest BCUT2D eigenvalue weighted by atomic mass is 16.3. The zero-order valence-corrected chi connectivity index (χ0v) is 13.1. The van der Waals surface area contributed by atoms with E-state index in [1.807, 2.05) is 0 Å². The fourth-order valence-electron chi connectivity index (χ4n) is 2.40. The van der Waals surface area contributed by atoms with Crippen LogP contribution in [-0.2, 0) is 19.6 Å². The molecule has 0 saturated carbocycles. The van der Waals surface area contributed by atoms with E-state index in [0.717, 1.165) is 44.9 Å². The van der Waals surface area contributed by atoms with Crippen LogP contribution in [-0.4, -0.2) is 18.0 Å². The molecule has 1 aromatic carbocycles. The van der Waals surface area contributed by atoms with Gasteiger partial charge in [0.05, 0.1) is 12.8 Å². The minimum absolute atomic E-state index is 0.819. The zero-order valence-electron chi connectivity index (χ0n) is 13.1. The summed E-state index contributed by atoms with van der Waals surface area (Å²) in [6, 6.07) is 12.7. The third-order valence-electron chi connectivity index (χ3n) is 3.64. The Bertz CT molecular complexity index is 507. The second-order valence-corrected chi connectivity index (χ2v) is 5.33. The molecular weight excluding hydrogens is 260 g/mol. The first kappa shape index (κ1) is 15.8. The molecule has 0 aliphatic rings. The van der Waals surface area contributed by atoms with Crippen molar-refractivity contribution >= 4 is 0 Å². The SMILES string of the molecule is CCCNCc1occc1CN(CC)Cc1ccccc1. The monoisotopic (exact) mass is 286 g/mol. The first-order chi connectivity index (χ1) is 10.3. The Hall–Kier alpha value is -1.58. The highest BCUT2D eigenvalue weighted by Crippen LogP contribution is 2.15. The lowest BCUT2D eigenvalue weighted by Crippen LogP contribution is -2.23. The lowest BCUT2D eigenvalue weighted by molar-refractivity contribution is 0.268. The van der Waals surface area contributed by atoms with E-state index in [9.17, 15) is 0 Å². The van der Waals surface area contributed by atoms with E-state index in [4.69, 9.17) is 4.42 Å². The van der Waals surface area contributed by atoms with Gasteiger partial charge in [0.2, 0.25) is 0 Å². The second kappa shape index (κ2) is 8.65. The molecule has 114 valence electrons. The molecule has 3 nitrogen and oxygen atoms in total. The van der Waals surface area contributed by atoms with Gasteiger partial charge in [-0.15, -0.1) is 0 Å². The van der Waals surface area contributed by atoms with Crippen LogP contribution in [0.5, 0.6) is 0 Å². The van der Waals surface area contributed by atoms with Crippen LogP contribution < -0.4 is 5.32 Å². The van der Waals surface area contributed by atoms with Crippen molar-refractivity contribution in [1.29, 1.82) is 0 Å². The average molecular weight is 286 g/mol. The maximum atomic E-state index is 5.62. The molecule has 3 heteroatoms. The van der Waals surface area contributed by atoms with Gasteiger partial charge in [0.25, 0.3) is 0 Å². The summed E-state index contributed by atoms with van der Waals surface area (Å²) in [5.74, 6) is 1.06. The van der Waals surface area contributed by atoms with E-state index in [0.29, 0.717) is 0 Å². The highest BCUT2D eigenvalue weighted by Gasteiger charge is 2.10. The van der Waals surface area contributed by atoms with Gasteiger partial charge in [-0.3, -0.25) is 4.90 Å². The summed E-state index contributed by atoms with van der Waals surface area (Å²) in [5, 5.41) is 3.41. The third kappa shape index (κ3) is 5.03. The van der Waals surface area contributed by atoms with Crippen LogP contribution >= 0.6 is 0 Å². The fourth-order valence-corrected chi connectivity index (χ4v) is 2.40. The molecule has 0 spiro atoms. The van der Waals surface area contributed by atoms with Crippen molar-refractivity contribution in [2.24, 2.45) is 0 Å². The van der Waals surface area contributed by atoms with Gasteiger partial charge in [-0.25, -0.2) is 0 Å². The molecule has 2 aromatic rings. The van der Waals surface area contributed by atoms with Crippen molar-refractivity contribution in [3.8, 4) is 0 Å². The molecule has 2 rings (SSSR count). The summed E-state index contributed by atoms with van der Waals surface area (Å²) in [6.07, 6.45) is 2.94. The molecule has 0 bridgehead atoms. The summed E-state index contributed by atoms with van der Waals surface area (Å²) >= 11 is 0. The number of furan rings is 1. The predicted octanol–water partition coefficient (Wildman–Crippen LogP) is 3.80. The van der Waals surface area contributed by atoms with E-state index < -0.39 is 0 Å². The molecule has 0 aliphatic heterocycles. The van der Waals surface area contributed by atoms with Gasteiger partial charge in [-0.1, -0.05) is 44.2 Å². The van der Waals surface area contributed by atoms with Crippen LogP contribution in [0.15, 0.2) is 47.1 Å². The third-order valence-corrected chi connectivity index (χ3v) is 3.64. The van der Waals surface area contributed by atoms with Crippen LogP contribution in [0.3, 0.4) is 0 Å². The van der Waals surface area contributed by atoms with Crippen LogP contribution in [0.4, 0.5) is 0 Å². The Morgan fingerprint density at radius 1 is 1.05 bits per heavy atom. The normalized spacial score (nSPS) is 11.2. The number of benzene rings is 1. The van der Waals surface area contributed by atoms with E-state index in [-0.39, 0.29) is 0 Å². The van der Waals surface area contributed by atoms with Gasteiger partial charge >= 0.3 is 0 Å². The summed E-state index contributed by atoms with van der Waals surface area (Å²) < 4.78 is 5.62. The average Bonchev–Trinajstić information content (AvgIpc) is 2.95. The maximum Gasteiger partial charge on any atom is 0.122 e. The number of hydrogen-bond acceptors (Lipinski definition) is 3. The molecule has 0 amide bonds. The standard InChI is InChI=1S/C18H26N2O/c1-3-11-19-13-18-17(10-12-21-18)15-20(4-2)14-16-8-6-5-7-9-16/h5-10,12,19H,3-4,11,13-15H2,1-2H3. The first-order valence-corrected chi connectivity index (χ1v) is 7.85. The minimum atomic E-state index is 0.819. The van der Waals surface area contributed by atoms with Crippen molar-refractivity contribution < 1.29 is 4.42 Å². The van der Waals surface area contributed by atoms with Gasteiger partial charge in [0, 0.05) is 18.7 Å². The molecule has 0 atom stereocenters. The first-order valence-electron chi connectivity index (χ1n) is 7.85. The van der Waals surface area contributed by atoms with Gasteiger partial charge in [-0.05, 0) is 31.1 Å². The van der Waals surface area contributed by atoms with Crippen molar-refractivity contribution in [3.05, 3.63) is 59.5 Å². The quantitative estimate of drug-likeness (QED) is 0.711. The van der Waals surface area contributed by atoms with E-state index >= 15 is 0 Å². The van der Waals surface area contributed by atoms with Crippen LogP contribution in [0.2, 0.25) is 0 Å². The Morgan fingerprint density at radius 2 is 1.86 bits per heavy atom. The van der Waals surface area contributed by atoms with Crippen LogP contribution in [0.1, 0.15) is 37.2 Å². The van der Waals surface area contributed by atoms with Gasteiger partial charge in [0.15, 0.2) is 0 Å². The summed E-state index contributed by atoms with van der Waals surface area (Å²) in [7, 11) is 0. The molecule has 1 N–H and O–H groups in total. The Morgan fingerprint density at radius 3 is 2.57 bits per heavy atom. The molecular formula is C18H26N2O. The van der Waals surface area contributed by atoms with Gasteiger partial charge < -0.3 is 9.73 Å². The summed E-state index contributed by atoms with van der Waals surface area (Å²) in [4.78, 5) is 2.43. The highest BCUT2D eigenvalue weighted by molar-refractivity contribution is 5.18. The number of rotatable bonds is 9. The number of nitrogens with one attached hydrogen (secondary N) is 1. The summed E-state index contributed by atoms with van der Waals surface area (Å²) in [6.45, 7) is 9.17. The Labute approximate surface area is 128 Å². The number of hydrogen-bond donors (Lipinski definition) is 1. The molecule has 0 fully saturated rings. The van der Waals surface area contributed by atoms with Gasteiger partial charge in [-0.2, -0.15) is 0 Å². The topological polar surface area (TPSA) is 28.4 Å². The molecule has 1 aromatic heterocycles. The van der Waals surface area contributed by atoms with Crippen LogP contribution in [0.25, 0.3) is 0 Å². The van der Waals surface area contributed by atoms with E-state index in [2.05, 4.69) is 60.5 Å². The lowest BCUT2D eigenvalue weighted by atomic mass is 10.2. The van der Waals surface area contributed by atoms with Crippen molar-refractivity contribution in [1.82, 2.24) is 10.2 Å². The fraction of sp³-hybridized carbons (Fsp3) is 0.444. The molecule has 0 saturated heterocycles. The van der Waals surface area contributed by atoms with Crippen molar-refractivity contribution in [2.75, 3.05) is 13.1 Å². The van der Waals surface area contributed by atoms with Crippen molar-refractivity contribution in [2.45, 2.75) is 39.9 Å². The largest absolute Gasteiger partial charge is 0.468 e. The maximum absolute atomic E-state index is 5.62. The van der Waals surface area contributed by atoms with Crippen molar-refractivity contribution in [3.63, 3.8) is 0 Å². The van der Waals surface area contributed by atoms with Gasteiger partial charge in [0.1, 0.15) is 5.76 Å². The lowest BCUT2D eigenvalue weighted by Gasteiger charge is -2.20.